The van der Waals surface area contributed by atoms with Crippen molar-refractivity contribution in [3.05, 3.63) is 17.5 Å². The van der Waals surface area contributed by atoms with Crippen LogP contribution in [0.1, 0.15) is 11.4 Å². The van der Waals surface area contributed by atoms with Crippen LogP contribution in [0.4, 0.5) is 10.7 Å². The maximum absolute atomic E-state index is 11.7. The lowest BCUT2D eigenvalue weighted by Crippen LogP contribution is -2.40. The first kappa shape index (κ1) is 13.6. The van der Waals surface area contributed by atoms with Crippen molar-refractivity contribution in [2.45, 2.75) is 13.8 Å². The lowest BCUT2D eigenvalue weighted by Gasteiger charge is -2.14. The number of aryl methyl sites for hydroxylation is 2. The highest BCUT2D eigenvalue weighted by atomic mass is 32.2. The van der Waals surface area contributed by atoms with Crippen molar-refractivity contribution in [3.8, 4) is 0 Å². The van der Waals surface area contributed by atoms with Gasteiger partial charge in [-0.05, 0) is 19.9 Å². The van der Waals surface area contributed by atoms with Crippen molar-refractivity contribution >= 4 is 28.9 Å². The van der Waals surface area contributed by atoms with Crippen LogP contribution >= 0.6 is 11.8 Å². The highest BCUT2D eigenvalue weighted by Crippen LogP contribution is 2.16. The number of carbonyl (C=O) groups excluding carboxylic acids is 2. The maximum atomic E-state index is 11.7. The average Bonchev–Trinajstić information content (AvgIpc) is 2.71. The number of nitrogens with zero attached hydrogens (tertiary/aromatic N) is 3. The summed E-state index contributed by atoms with van der Waals surface area (Å²) >= 11 is 1.23. The van der Waals surface area contributed by atoms with E-state index >= 15 is 0 Å². The Hall–Kier alpha value is -1.83. The van der Waals surface area contributed by atoms with Crippen LogP contribution in [0, 0.1) is 13.8 Å². The molecule has 0 aliphatic carbocycles. The SMILES string of the molecule is Cc1cc(C)nc(NNC(=O)CN2CCSC2=O)n1. The van der Waals surface area contributed by atoms with Crippen molar-refractivity contribution in [1.82, 2.24) is 20.3 Å². The number of carbonyl (C=O) groups is 2. The lowest BCUT2D eigenvalue weighted by molar-refractivity contribution is -0.121. The van der Waals surface area contributed by atoms with Gasteiger partial charge in [-0.15, -0.1) is 0 Å². The van der Waals surface area contributed by atoms with Gasteiger partial charge in [0, 0.05) is 23.7 Å². The first-order chi connectivity index (χ1) is 9.04. The van der Waals surface area contributed by atoms with Crippen LogP contribution < -0.4 is 10.9 Å². The average molecular weight is 281 g/mol. The van der Waals surface area contributed by atoms with Crippen molar-refractivity contribution in [2.24, 2.45) is 0 Å². The van der Waals surface area contributed by atoms with E-state index in [9.17, 15) is 9.59 Å². The number of nitrogens with one attached hydrogen (secondary N) is 2. The summed E-state index contributed by atoms with van der Waals surface area (Å²) < 4.78 is 0. The van der Waals surface area contributed by atoms with Gasteiger partial charge in [0.2, 0.25) is 5.95 Å². The van der Waals surface area contributed by atoms with E-state index < -0.39 is 0 Å². The number of hydrogen-bond acceptors (Lipinski definition) is 6. The molecule has 1 aliphatic rings. The van der Waals surface area contributed by atoms with E-state index in [1.54, 1.807) is 0 Å². The third kappa shape index (κ3) is 3.82. The highest BCUT2D eigenvalue weighted by molar-refractivity contribution is 8.13. The highest BCUT2D eigenvalue weighted by Gasteiger charge is 2.23. The van der Waals surface area contributed by atoms with Gasteiger partial charge in [0.15, 0.2) is 0 Å². The van der Waals surface area contributed by atoms with Crippen LogP contribution in [-0.4, -0.2) is 44.9 Å². The molecule has 2 amide bonds. The zero-order valence-electron chi connectivity index (χ0n) is 10.8. The zero-order chi connectivity index (χ0) is 13.8. The lowest BCUT2D eigenvalue weighted by atomic mass is 10.4. The van der Waals surface area contributed by atoms with Gasteiger partial charge in [-0.2, -0.15) is 0 Å². The fourth-order valence-electron chi connectivity index (χ4n) is 1.69. The van der Waals surface area contributed by atoms with Gasteiger partial charge in [-0.1, -0.05) is 11.8 Å². The van der Waals surface area contributed by atoms with Crippen molar-refractivity contribution in [3.63, 3.8) is 0 Å². The molecule has 1 aliphatic heterocycles. The molecule has 2 heterocycles. The Morgan fingerprint density at radius 2 is 2.11 bits per heavy atom. The largest absolute Gasteiger partial charge is 0.323 e. The van der Waals surface area contributed by atoms with Gasteiger partial charge in [-0.3, -0.25) is 20.4 Å². The number of hydrogen-bond donors (Lipinski definition) is 2. The fourth-order valence-corrected chi connectivity index (χ4v) is 2.51. The van der Waals surface area contributed by atoms with Gasteiger partial charge in [0.1, 0.15) is 6.54 Å². The molecular weight excluding hydrogens is 266 g/mol. The molecule has 8 heteroatoms. The van der Waals surface area contributed by atoms with E-state index in [2.05, 4.69) is 20.8 Å². The monoisotopic (exact) mass is 281 g/mol. The second-order valence-corrected chi connectivity index (χ2v) is 5.23. The summed E-state index contributed by atoms with van der Waals surface area (Å²) in [5.74, 6) is 0.784. The van der Waals surface area contributed by atoms with Crippen LogP contribution in [0.5, 0.6) is 0 Å². The first-order valence-electron chi connectivity index (χ1n) is 5.83. The van der Waals surface area contributed by atoms with E-state index in [4.69, 9.17) is 0 Å². The molecule has 1 saturated heterocycles. The molecular formula is C11H15N5O2S. The topological polar surface area (TPSA) is 87.2 Å². The Morgan fingerprint density at radius 3 is 2.68 bits per heavy atom. The number of thioether (sulfide) groups is 1. The Bertz CT molecular complexity index is 488. The van der Waals surface area contributed by atoms with E-state index in [0.29, 0.717) is 12.5 Å². The third-order valence-electron chi connectivity index (χ3n) is 2.48. The Labute approximate surface area is 115 Å². The van der Waals surface area contributed by atoms with Crippen molar-refractivity contribution in [1.29, 1.82) is 0 Å². The first-order valence-corrected chi connectivity index (χ1v) is 6.82. The van der Waals surface area contributed by atoms with Gasteiger partial charge in [0.25, 0.3) is 11.1 Å². The second-order valence-electron chi connectivity index (χ2n) is 4.18. The Morgan fingerprint density at radius 1 is 1.42 bits per heavy atom. The number of anilines is 1. The number of aromatic nitrogens is 2. The van der Waals surface area contributed by atoms with Crippen LogP contribution in [0.25, 0.3) is 0 Å². The molecule has 0 saturated carbocycles. The molecule has 102 valence electrons. The van der Waals surface area contributed by atoms with Crippen LogP contribution in [0.2, 0.25) is 0 Å². The standard InChI is InChI=1S/C11H15N5O2S/c1-7-5-8(2)13-10(12-7)15-14-9(17)6-16-3-4-19-11(16)18/h5H,3-4,6H2,1-2H3,(H,14,17)(H,12,13,15). The molecule has 19 heavy (non-hydrogen) atoms. The van der Waals surface area contributed by atoms with E-state index in [-0.39, 0.29) is 17.7 Å². The molecule has 7 nitrogen and oxygen atoms in total. The molecule has 0 atom stereocenters. The predicted octanol–water partition coefficient (Wildman–Crippen LogP) is 0.705. The maximum Gasteiger partial charge on any atom is 0.282 e. The predicted molar refractivity (Wildman–Crippen MR) is 72.7 cm³/mol. The normalized spacial score (nSPS) is 14.6. The van der Waals surface area contributed by atoms with Crippen LogP contribution in [-0.2, 0) is 4.79 Å². The summed E-state index contributed by atoms with van der Waals surface area (Å²) in [5.41, 5.74) is 6.76. The Kier molecular flexibility index (Phi) is 4.20. The van der Waals surface area contributed by atoms with E-state index in [1.807, 2.05) is 19.9 Å². The summed E-state index contributed by atoms with van der Waals surface area (Å²) in [5, 5.41) is -0.0576. The third-order valence-corrected chi connectivity index (χ3v) is 3.37. The molecule has 0 unspecified atom stereocenters. The fraction of sp³-hybridized carbons (Fsp3) is 0.455. The minimum absolute atomic E-state index is 0.0453. The minimum Gasteiger partial charge on any atom is -0.323 e. The van der Waals surface area contributed by atoms with E-state index in [0.717, 1.165) is 17.1 Å². The molecule has 2 rings (SSSR count). The Balaban J connectivity index is 1.84. The molecule has 1 fully saturated rings. The van der Waals surface area contributed by atoms with Crippen molar-refractivity contribution in [2.75, 3.05) is 24.3 Å². The molecule has 0 aromatic carbocycles. The molecule has 0 radical (unpaired) electrons. The number of amides is 2. The summed E-state index contributed by atoms with van der Waals surface area (Å²) in [6, 6.07) is 1.84. The zero-order valence-corrected chi connectivity index (χ0v) is 11.6. The summed E-state index contributed by atoms with van der Waals surface area (Å²) in [4.78, 5) is 32.8. The summed E-state index contributed by atoms with van der Waals surface area (Å²) in [7, 11) is 0. The van der Waals surface area contributed by atoms with Gasteiger partial charge >= 0.3 is 0 Å². The summed E-state index contributed by atoms with van der Waals surface area (Å²) in [6.45, 7) is 4.35. The molecule has 0 bridgehead atoms. The van der Waals surface area contributed by atoms with Gasteiger partial charge < -0.3 is 4.90 Å². The molecule has 0 spiro atoms. The van der Waals surface area contributed by atoms with Crippen molar-refractivity contribution < 1.29 is 9.59 Å². The smallest absolute Gasteiger partial charge is 0.282 e. The second kappa shape index (κ2) is 5.87. The molecule has 2 N–H and O–H groups in total. The quantitative estimate of drug-likeness (QED) is 0.790. The summed E-state index contributed by atoms with van der Waals surface area (Å²) in [6.07, 6.45) is 0. The van der Waals surface area contributed by atoms with Gasteiger partial charge in [-0.25, -0.2) is 9.97 Å². The van der Waals surface area contributed by atoms with E-state index in [1.165, 1.54) is 16.7 Å². The minimum atomic E-state index is -0.293. The molecule has 1 aromatic heterocycles. The number of hydrazine groups is 1. The van der Waals surface area contributed by atoms with Gasteiger partial charge in [0.05, 0.1) is 0 Å². The van der Waals surface area contributed by atoms with Crippen LogP contribution in [0.15, 0.2) is 6.07 Å². The molecule has 1 aromatic rings. The van der Waals surface area contributed by atoms with Crippen LogP contribution in [0.3, 0.4) is 0 Å². The number of rotatable bonds is 4.